The zero-order chi connectivity index (χ0) is 23.5. The van der Waals surface area contributed by atoms with Crippen molar-refractivity contribution in [2.75, 3.05) is 13.7 Å². The van der Waals surface area contributed by atoms with Gasteiger partial charge in [-0.15, -0.1) is 0 Å². The first-order valence-electron chi connectivity index (χ1n) is 9.33. The molecule has 0 radical (unpaired) electrons. The predicted octanol–water partition coefficient (Wildman–Crippen LogP) is 3.15. The standard InChI is InChI=1S/C21H19ClN2O7S/c1-4-30-21(26)20-18(12-19(25)24(23-20)16-8-6-5-7-15(16)22)31-32(27,28)14-9-10-17(29-3)13(2)11-14/h5-12H,4H2,1-3H3. The summed E-state index contributed by atoms with van der Waals surface area (Å²) in [5.41, 5.74) is -0.512. The molecule has 0 aliphatic rings. The van der Waals surface area contributed by atoms with Gasteiger partial charge in [-0.1, -0.05) is 23.7 Å². The number of rotatable bonds is 7. The number of benzene rings is 2. The molecule has 0 amide bonds. The molecule has 2 aromatic carbocycles. The van der Waals surface area contributed by atoms with E-state index in [0.29, 0.717) is 11.3 Å². The minimum Gasteiger partial charge on any atom is -0.496 e. The highest BCUT2D eigenvalue weighted by Crippen LogP contribution is 2.26. The van der Waals surface area contributed by atoms with Gasteiger partial charge in [0.15, 0.2) is 5.75 Å². The predicted molar refractivity (Wildman–Crippen MR) is 116 cm³/mol. The minimum atomic E-state index is -4.41. The van der Waals surface area contributed by atoms with Crippen LogP contribution in [0, 0.1) is 6.92 Å². The Balaban J connectivity index is 2.12. The highest BCUT2D eigenvalue weighted by atomic mass is 35.5. The fourth-order valence-corrected chi connectivity index (χ4v) is 4.04. The SMILES string of the molecule is CCOC(=O)c1nn(-c2ccccc2Cl)c(=O)cc1OS(=O)(=O)c1ccc(OC)c(C)c1. The topological polar surface area (TPSA) is 114 Å². The summed E-state index contributed by atoms with van der Waals surface area (Å²) in [6, 6.07) is 11.3. The van der Waals surface area contributed by atoms with E-state index in [-0.39, 0.29) is 22.2 Å². The van der Waals surface area contributed by atoms with Crippen molar-refractivity contribution in [3.8, 4) is 17.2 Å². The number of para-hydroxylation sites is 1. The lowest BCUT2D eigenvalue weighted by Gasteiger charge is -2.13. The van der Waals surface area contributed by atoms with Crippen LogP contribution >= 0.6 is 11.6 Å². The molecular weight excluding hydrogens is 460 g/mol. The highest BCUT2D eigenvalue weighted by molar-refractivity contribution is 7.87. The summed E-state index contributed by atoms with van der Waals surface area (Å²) >= 11 is 6.14. The van der Waals surface area contributed by atoms with E-state index >= 15 is 0 Å². The Kier molecular flexibility index (Phi) is 6.85. The second-order valence-electron chi connectivity index (χ2n) is 6.45. The third-order valence-corrected chi connectivity index (χ3v) is 5.85. The normalized spacial score (nSPS) is 11.1. The van der Waals surface area contributed by atoms with Gasteiger partial charge in [0.1, 0.15) is 10.6 Å². The molecule has 1 aromatic heterocycles. The maximum absolute atomic E-state index is 12.8. The van der Waals surface area contributed by atoms with Gasteiger partial charge in [0, 0.05) is 0 Å². The fraction of sp³-hybridized carbons (Fsp3) is 0.190. The van der Waals surface area contributed by atoms with Crippen molar-refractivity contribution in [2.24, 2.45) is 0 Å². The molecule has 0 fully saturated rings. The molecule has 0 N–H and O–H groups in total. The van der Waals surface area contributed by atoms with Gasteiger partial charge in [0.05, 0.1) is 30.5 Å². The molecule has 3 rings (SSSR count). The van der Waals surface area contributed by atoms with Gasteiger partial charge >= 0.3 is 16.1 Å². The van der Waals surface area contributed by atoms with E-state index in [4.69, 9.17) is 25.3 Å². The highest BCUT2D eigenvalue weighted by Gasteiger charge is 2.26. The molecule has 0 aliphatic heterocycles. The number of ether oxygens (including phenoxy) is 2. The first kappa shape index (κ1) is 23.3. The van der Waals surface area contributed by atoms with Crippen molar-refractivity contribution in [3.63, 3.8) is 0 Å². The zero-order valence-corrected chi connectivity index (χ0v) is 18.9. The molecule has 1 heterocycles. The molecule has 3 aromatic rings. The van der Waals surface area contributed by atoms with Crippen LogP contribution in [0.3, 0.4) is 0 Å². The third-order valence-electron chi connectivity index (χ3n) is 4.30. The fourth-order valence-electron chi connectivity index (χ4n) is 2.81. The first-order valence-corrected chi connectivity index (χ1v) is 11.1. The molecule has 0 unspecified atom stereocenters. The molecule has 0 atom stereocenters. The molecule has 11 heteroatoms. The van der Waals surface area contributed by atoms with Crippen LogP contribution in [0.4, 0.5) is 0 Å². The summed E-state index contributed by atoms with van der Waals surface area (Å²) in [5.74, 6) is -1.05. The maximum atomic E-state index is 12.8. The van der Waals surface area contributed by atoms with Crippen molar-refractivity contribution in [1.29, 1.82) is 0 Å². The van der Waals surface area contributed by atoms with Crippen LogP contribution in [0.25, 0.3) is 5.69 Å². The van der Waals surface area contributed by atoms with Crippen molar-refractivity contribution >= 4 is 27.7 Å². The van der Waals surface area contributed by atoms with Crippen LogP contribution in [0.2, 0.25) is 5.02 Å². The monoisotopic (exact) mass is 478 g/mol. The number of nitrogens with zero attached hydrogens (tertiary/aromatic N) is 2. The molecule has 0 bridgehead atoms. The van der Waals surface area contributed by atoms with E-state index in [0.717, 1.165) is 10.7 Å². The number of carbonyl (C=O) groups is 1. The smallest absolute Gasteiger partial charge is 0.362 e. The quantitative estimate of drug-likeness (QED) is 0.376. The Bertz CT molecular complexity index is 1340. The van der Waals surface area contributed by atoms with Gasteiger partial charge in [0.25, 0.3) is 5.56 Å². The summed E-state index contributed by atoms with van der Waals surface area (Å²) in [6.45, 7) is 3.23. The van der Waals surface area contributed by atoms with E-state index in [1.165, 1.54) is 37.4 Å². The molecule has 32 heavy (non-hydrogen) atoms. The second kappa shape index (κ2) is 9.41. The molecular formula is C21H19ClN2O7S. The van der Waals surface area contributed by atoms with Gasteiger partial charge in [-0.3, -0.25) is 4.79 Å². The molecule has 9 nitrogen and oxygen atoms in total. The van der Waals surface area contributed by atoms with E-state index in [2.05, 4.69) is 5.10 Å². The van der Waals surface area contributed by atoms with Gasteiger partial charge in [-0.25, -0.2) is 4.79 Å². The molecule has 0 aliphatic carbocycles. The molecule has 0 saturated carbocycles. The maximum Gasteiger partial charge on any atom is 0.362 e. The summed E-state index contributed by atoms with van der Waals surface area (Å²) < 4.78 is 41.8. The van der Waals surface area contributed by atoms with Crippen LogP contribution in [-0.2, 0) is 14.9 Å². The lowest BCUT2D eigenvalue weighted by molar-refractivity contribution is 0.0515. The second-order valence-corrected chi connectivity index (χ2v) is 8.40. The lowest BCUT2D eigenvalue weighted by Crippen LogP contribution is -2.26. The minimum absolute atomic E-state index is 0.00437. The molecule has 168 valence electrons. The Labute approximate surface area is 189 Å². The van der Waals surface area contributed by atoms with Crippen molar-refractivity contribution < 1.29 is 26.9 Å². The number of aromatic nitrogens is 2. The first-order chi connectivity index (χ1) is 15.2. The van der Waals surface area contributed by atoms with Gasteiger partial charge < -0.3 is 13.7 Å². The van der Waals surface area contributed by atoms with Gasteiger partial charge in [-0.2, -0.15) is 18.2 Å². The number of hydrogen-bond acceptors (Lipinski definition) is 8. The number of aryl methyl sites for hydroxylation is 1. The van der Waals surface area contributed by atoms with Crippen LogP contribution in [0.1, 0.15) is 23.0 Å². The summed E-state index contributed by atoms with van der Waals surface area (Å²) in [6.07, 6.45) is 0. The summed E-state index contributed by atoms with van der Waals surface area (Å²) in [5, 5.41) is 4.18. The average molecular weight is 479 g/mol. The number of carbonyl (C=O) groups excluding carboxylic acids is 1. The van der Waals surface area contributed by atoms with Crippen LogP contribution in [0.15, 0.2) is 58.2 Å². The number of methoxy groups -OCH3 is 1. The Morgan fingerprint density at radius 2 is 1.84 bits per heavy atom. The van der Waals surface area contributed by atoms with Crippen LogP contribution in [0.5, 0.6) is 11.5 Å². The van der Waals surface area contributed by atoms with E-state index in [1.54, 1.807) is 26.0 Å². The van der Waals surface area contributed by atoms with Crippen molar-refractivity contribution in [2.45, 2.75) is 18.7 Å². The lowest BCUT2D eigenvalue weighted by atomic mass is 10.2. The zero-order valence-electron chi connectivity index (χ0n) is 17.4. The number of hydrogen-bond donors (Lipinski definition) is 0. The Hall–Kier alpha value is -3.37. The Morgan fingerprint density at radius 3 is 2.47 bits per heavy atom. The van der Waals surface area contributed by atoms with Crippen molar-refractivity contribution in [3.05, 3.63) is 75.2 Å². The summed E-state index contributed by atoms with van der Waals surface area (Å²) in [4.78, 5) is 25.0. The largest absolute Gasteiger partial charge is 0.496 e. The van der Waals surface area contributed by atoms with Crippen molar-refractivity contribution in [1.82, 2.24) is 9.78 Å². The molecule has 0 saturated heterocycles. The van der Waals surface area contributed by atoms with Crippen LogP contribution < -0.4 is 14.5 Å². The van der Waals surface area contributed by atoms with Gasteiger partial charge in [-0.05, 0) is 49.7 Å². The summed E-state index contributed by atoms with van der Waals surface area (Å²) in [7, 11) is -2.96. The third kappa shape index (κ3) is 4.76. The van der Waals surface area contributed by atoms with E-state index in [1.807, 2.05) is 0 Å². The number of halogens is 1. The van der Waals surface area contributed by atoms with E-state index in [9.17, 15) is 18.0 Å². The number of esters is 1. The van der Waals surface area contributed by atoms with E-state index < -0.39 is 33.1 Å². The van der Waals surface area contributed by atoms with Gasteiger partial charge in [0.2, 0.25) is 5.69 Å². The molecule has 0 spiro atoms. The van der Waals surface area contributed by atoms with Crippen LogP contribution in [-0.4, -0.2) is 37.9 Å². The average Bonchev–Trinajstić information content (AvgIpc) is 2.74. The Morgan fingerprint density at radius 1 is 1.12 bits per heavy atom.